The molecule has 2 aromatic rings. The van der Waals surface area contributed by atoms with Gasteiger partial charge in [-0.1, -0.05) is 44.2 Å². The Morgan fingerprint density at radius 3 is 2.22 bits per heavy atom. The number of alkyl halides is 3. The van der Waals surface area contributed by atoms with E-state index in [4.69, 9.17) is 0 Å². The molecule has 0 aromatic heterocycles. The average Bonchev–Trinajstić information content (AvgIpc) is 3.14. The summed E-state index contributed by atoms with van der Waals surface area (Å²) in [6.07, 6.45) is -1.90. The van der Waals surface area contributed by atoms with Gasteiger partial charge < -0.3 is 0 Å². The molecule has 0 aliphatic heterocycles. The first-order valence-electron chi connectivity index (χ1n) is 9.20. The van der Waals surface area contributed by atoms with Crippen molar-refractivity contribution in [1.29, 1.82) is 0 Å². The number of hydrogen-bond acceptors (Lipinski definition) is 2. The van der Waals surface area contributed by atoms with Crippen molar-refractivity contribution < 1.29 is 22.8 Å². The van der Waals surface area contributed by atoms with E-state index in [0.29, 0.717) is 5.56 Å². The molecule has 0 bridgehead atoms. The third-order valence-corrected chi connectivity index (χ3v) is 4.53. The van der Waals surface area contributed by atoms with Gasteiger partial charge in [-0.15, -0.1) is 0 Å². The lowest BCUT2D eigenvalue weighted by molar-refractivity contribution is -0.137. The molecule has 0 spiro atoms. The highest BCUT2D eigenvalue weighted by molar-refractivity contribution is 6.03. The second-order valence-electron chi connectivity index (χ2n) is 6.23. The maximum atomic E-state index is 13.0. The molecule has 1 aliphatic carbocycles. The van der Waals surface area contributed by atoms with E-state index < -0.39 is 17.5 Å². The lowest BCUT2D eigenvalue weighted by Gasteiger charge is -2.11. The first-order valence-corrected chi connectivity index (χ1v) is 9.20. The number of carbonyl (C=O) groups excluding carboxylic acids is 2. The number of rotatable bonds is 5. The van der Waals surface area contributed by atoms with Crippen LogP contribution in [-0.4, -0.2) is 11.6 Å². The Hall–Kier alpha value is -2.43. The van der Waals surface area contributed by atoms with Crippen molar-refractivity contribution in [3.63, 3.8) is 0 Å². The van der Waals surface area contributed by atoms with Crippen molar-refractivity contribution in [1.82, 2.24) is 0 Å². The van der Waals surface area contributed by atoms with Gasteiger partial charge in [-0.2, -0.15) is 13.2 Å². The molecule has 1 aliphatic rings. The minimum atomic E-state index is -4.59. The largest absolute Gasteiger partial charge is 0.417 e. The van der Waals surface area contributed by atoms with Crippen molar-refractivity contribution >= 4 is 11.6 Å². The van der Waals surface area contributed by atoms with E-state index in [9.17, 15) is 22.8 Å². The zero-order valence-electron chi connectivity index (χ0n) is 15.5. The van der Waals surface area contributed by atoms with Gasteiger partial charge in [0.05, 0.1) is 5.56 Å². The molecule has 3 rings (SSSR count). The van der Waals surface area contributed by atoms with Gasteiger partial charge in [0.25, 0.3) is 0 Å². The summed E-state index contributed by atoms with van der Waals surface area (Å²) in [7, 11) is 0. The fourth-order valence-corrected chi connectivity index (χ4v) is 3.22. The molecule has 0 amide bonds. The summed E-state index contributed by atoms with van der Waals surface area (Å²) >= 11 is 0. The van der Waals surface area contributed by atoms with Crippen LogP contribution in [-0.2, 0) is 19.0 Å². The maximum absolute atomic E-state index is 13.0. The molecule has 2 nitrogen and oxygen atoms in total. The van der Waals surface area contributed by atoms with Gasteiger partial charge in [-0.25, -0.2) is 0 Å². The fraction of sp³-hybridized carbons (Fsp3) is 0.364. The first kappa shape index (κ1) is 20.9. The Morgan fingerprint density at radius 2 is 1.52 bits per heavy atom. The standard InChI is InChI=1S/C20H17F3O2.C2H6/c21-20(22,23)17-7-2-1-6-16(17)19(25)11-10-18(24)15-9-8-13-4-3-5-14(13)12-15;1-2/h1-2,6-9,12H,3-5,10-11H2;1-2H3. The second kappa shape index (κ2) is 8.98. The summed E-state index contributed by atoms with van der Waals surface area (Å²) in [6.45, 7) is 4.00. The molecule has 0 radical (unpaired) electrons. The van der Waals surface area contributed by atoms with Crippen LogP contribution in [0.2, 0.25) is 0 Å². The van der Waals surface area contributed by atoms with Crippen molar-refractivity contribution in [2.75, 3.05) is 0 Å². The summed E-state index contributed by atoms with van der Waals surface area (Å²) < 4.78 is 38.9. The minimum Gasteiger partial charge on any atom is -0.294 e. The van der Waals surface area contributed by atoms with E-state index in [1.54, 1.807) is 6.07 Å². The van der Waals surface area contributed by atoms with Crippen LogP contribution in [0.25, 0.3) is 0 Å². The maximum Gasteiger partial charge on any atom is 0.417 e. The number of fused-ring (bicyclic) bond motifs is 1. The number of ketones is 2. The van der Waals surface area contributed by atoms with Crippen LogP contribution in [0.1, 0.15) is 70.5 Å². The van der Waals surface area contributed by atoms with Crippen LogP contribution in [0, 0.1) is 0 Å². The van der Waals surface area contributed by atoms with Crippen molar-refractivity contribution in [3.05, 3.63) is 70.3 Å². The molecular weight excluding hydrogens is 353 g/mol. The number of carbonyl (C=O) groups is 2. The van der Waals surface area contributed by atoms with Crippen LogP contribution >= 0.6 is 0 Å². The number of halogens is 3. The number of benzene rings is 2. The van der Waals surface area contributed by atoms with Crippen molar-refractivity contribution in [2.24, 2.45) is 0 Å². The number of Topliss-reactive ketones (excluding diaryl/α,β-unsaturated/α-hetero) is 2. The molecule has 0 unspecified atom stereocenters. The first-order chi connectivity index (χ1) is 12.9. The highest BCUT2D eigenvalue weighted by Gasteiger charge is 2.34. The smallest absolute Gasteiger partial charge is 0.294 e. The lowest BCUT2D eigenvalue weighted by atomic mass is 9.96. The fourth-order valence-electron chi connectivity index (χ4n) is 3.22. The quantitative estimate of drug-likeness (QED) is 0.594. The molecule has 5 heteroatoms. The molecule has 144 valence electrons. The van der Waals surface area contributed by atoms with Crippen LogP contribution in [0.3, 0.4) is 0 Å². The minimum absolute atomic E-state index is 0.0934. The SMILES string of the molecule is CC.O=C(CCC(=O)c1ccccc1C(F)(F)F)c1ccc2c(c1)CCC2. The third-order valence-electron chi connectivity index (χ3n) is 4.53. The lowest BCUT2D eigenvalue weighted by Crippen LogP contribution is -2.14. The van der Waals surface area contributed by atoms with E-state index in [1.807, 2.05) is 26.0 Å². The highest BCUT2D eigenvalue weighted by atomic mass is 19.4. The highest BCUT2D eigenvalue weighted by Crippen LogP contribution is 2.32. The van der Waals surface area contributed by atoms with Crippen LogP contribution < -0.4 is 0 Å². The molecule has 2 aromatic carbocycles. The van der Waals surface area contributed by atoms with E-state index in [1.165, 1.54) is 17.7 Å². The Balaban J connectivity index is 0.00000126. The summed E-state index contributed by atoms with van der Waals surface area (Å²) in [5.74, 6) is -0.880. The van der Waals surface area contributed by atoms with E-state index in [2.05, 4.69) is 0 Å². The molecule has 0 N–H and O–H groups in total. The molecule has 0 heterocycles. The topological polar surface area (TPSA) is 34.1 Å². The van der Waals surface area contributed by atoms with E-state index >= 15 is 0 Å². The molecule has 27 heavy (non-hydrogen) atoms. The number of hydrogen-bond donors (Lipinski definition) is 0. The van der Waals surface area contributed by atoms with Gasteiger partial charge in [0.1, 0.15) is 0 Å². The Kier molecular flexibility index (Phi) is 6.94. The Morgan fingerprint density at radius 1 is 0.889 bits per heavy atom. The van der Waals surface area contributed by atoms with Crippen LogP contribution in [0.5, 0.6) is 0 Å². The third kappa shape index (κ3) is 5.06. The van der Waals surface area contributed by atoms with E-state index in [0.717, 1.165) is 37.0 Å². The second-order valence-corrected chi connectivity index (χ2v) is 6.23. The summed E-state index contributed by atoms with van der Waals surface area (Å²) in [5.41, 5.74) is 1.59. The van der Waals surface area contributed by atoms with E-state index in [-0.39, 0.29) is 24.2 Å². The predicted molar refractivity (Wildman–Crippen MR) is 99.2 cm³/mol. The van der Waals surface area contributed by atoms with Crippen molar-refractivity contribution in [3.8, 4) is 0 Å². The van der Waals surface area contributed by atoms with Gasteiger partial charge in [0.15, 0.2) is 11.6 Å². The van der Waals surface area contributed by atoms with Crippen LogP contribution in [0.15, 0.2) is 42.5 Å². The number of aryl methyl sites for hydroxylation is 2. The monoisotopic (exact) mass is 376 g/mol. The van der Waals surface area contributed by atoms with Gasteiger partial charge >= 0.3 is 6.18 Å². The van der Waals surface area contributed by atoms with Crippen molar-refractivity contribution in [2.45, 2.75) is 52.1 Å². The summed E-state index contributed by atoms with van der Waals surface area (Å²) in [6, 6.07) is 10.2. The Labute approximate surface area is 157 Å². The van der Waals surface area contributed by atoms with Gasteiger partial charge in [-0.3, -0.25) is 9.59 Å². The summed E-state index contributed by atoms with van der Waals surface area (Å²) in [4.78, 5) is 24.5. The molecule has 0 saturated heterocycles. The Bertz CT molecular complexity index is 823. The molecule has 0 atom stereocenters. The molecule has 0 saturated carbocycles. The zero-order chi connectivity index (χ0) is 20.0. The zero-order valence-corrected chi connectivity index (χ0v) is 15.5. The van der Waals surface area contributed by atoms with Crippen LogP contribution in [0.4, 0.5) is 13.2 Å². The molecule has 0 fully saturated rings. The van der Waals surface area contributed by atoms with Gasteiger partial charge in [-0.05, 0) is 42.5 Å². The van der Waals surface area contributed by atoms with Gasteiger partial charge in [0, 0.05) is 24.0 Å². The normalized spacial score (nSPS) is 12.8. The predicted octanol–water partition coefficient (Wildman–Crippen LogP) is 6.07. The average molecular weight is 376 g/mol. The van der Waals surface area contributed by atoms with Gasteiger partial charge in [0.2, 0.25) is 0 Å². The summed E-state index contributed by atoms with van der Waals surface area (Å²) in [5, 5.41) is 0. The molecular formula is C22H23F3O2.